The summed E-state index contributed by atoms with van der Waals surface area (Å²) in [5.74, 6) is 1.38. The molecule has 8 nitrogen and oxygen atoms in total. The van der Waals surface area contributed by atoms with Crippen LogP contribution in [0.25, 0.3) is 5.53 Å². The minimum Gasteiger partial charge on any atom is -0.421 e. The SMILES string of the molecule is CC1=N[NH+](Cc2nn[nH]n2)[N-]N1. The van der Waals surface area contributed by atoms with Gasteiger partial charge in [0.15, 0.2) is 6.54 Å². The lowest BCUT2D eigenvalue weighted by Crippen LogP contribution is -3.00. The van der Waals surface area contributed by atoms with Gasteiger partial charge in [-0.2, -0.15) is 5.21 Å². The highest BCUT2D eigenvalue weighted by Gasteiger charge is 2.09. The Morgan fingerprint density at radius 2 is 2.50 bits per heavy atom. The number of hydrogen-bond acceptors (Lipinski definition) is 5. The van der Waals surface area contributed by atoms with Crippen molar-refractivity contribution >= 4 is 5.84 Å². The molecule has 1 aromatic heterocycles. The maximum Gasteiger partial charge on any atom is 0.230 e. The maximum absolute atomic E-state index is 4.10. The number of aromatic amines is 1. The number of nitrogens with one attached hydrogen (secondary N) is 3. The first kappa shape index (κ1) is 7.13. The van der Waals surface area contributed by atoms with Crippen molar-refractivity contribution in [3.05, 3.63) is 11.4 Å². The number of aromatic nitrogens is 4. The topological polar surface area (TPSA) is 97.4 Å². The first-order chi connectivity index (χ1) is 5.84. The van der Waals surface area contributed by atoms with E-state index in [0.717, 1.165) is 5.84 Å². The van der Waals surface area contributed by atoms with E-state index in [1.54, 1.807) is 0 Å². The largest absolute Gasteiger partial charge is 0.421 e. The van der Waals surface area contributed by atoms with Crippen LogP contribution in [-0.2, 0) is 6.54 Å². The zero-order valence-corrected chi connectivity index (χ0v) is 6.44. The number of quaternary nitrogens is 1. The molecule has 1 aromatic rings. The van der Waals surface area contributed by atoms with Gasteiger partial charge in [0, 0.05) is 0 Å². The molecule has 1 aliphatic heterocycles. The second kappa shape index (κ2) is 2.83. The first-order valence-corrected chi connectivity index (χ1v) is 3.45. The zero-order chi connectivity index (χ0) is 8.39. The molecule has 0 fully saturated rings. The average Bonchev–Trinajstić information content (AvgIpc) is 2.63. The van der Waals surface area contributed by atoms with E-state index in [9.17, 15) is 0 Å². The lowest BCUT2D eigenvalue weighted by molar-refractivity contribution is -0.881. The van der Waals surface area contributed by atoms with Gasteiger partial charge in [-0.3, -0.25) is 5.12 Å². The average molecular weight is 168 g/mol. The molecule has 2 rings (SSSR count). The minimum atomic E-state index is 0.501. The fraction of sp³-hybridized carbons (Fsp3) is 0.500. The number of amidine groups is 1. The summed E-state index contributed by atoms with van der Waals surface area (Å²) in [7, 11) is 0. The van der Waals surface area contributed by atoms with Gasteiger partial charge in [-0.15, -0.1) is 10.2 Å². The molecule has 0 radical (unpaired) electrons. The highest BCUT2D eigenvalue weighted by atomic mass is 15.9. The molecule has 64 valence electrons. The molecule has 3 N–H and O–H groups in total. The molecule has 0 saturated carbocycles. The van der Waals surface area contributed by atoms with E-state index in [2.05, 4.69) is 36.7 Å². The third-order valence-electron chi connectivity index (χ3n) is 1.35. The molecule has 2 heterocycles. The minimum absolute atomic E-state index is 0.501. The number of tetrazole rings is 1. The Morgan fingerprint density at radius 1 is 1.58 bits per heavy atom. The van der Waals surface area contributed by atoms with Crippen molar-refractivity contribution < 1.29 is 5.12 Å². The van der Waals surface area contributed by atoms with Crippen molar-refractivity contribution in [3.8, 4) is 0 Å². The second-order valence-electron chi connectivity index (χ2n) is 2.34. The number of hydrogen-bond donors (Lipinski definition) is 3. The van der Waals surface area contributed by atoms with E-state index in [1.807, 2.05) is 6.92 Å². The molecule has 8 heteroatoms. The van der Waals surface area contributed by atoms with Crippen LogP contribution < -0.4 is 10.5 Å². The summed E-state index contributed by atoms with van der Waals surface area (Å²) in [4.78, 5) is 0. The van der Waals surface area contributed by atoms with Crippen molar-refractivity contribution in [2.75, 3.05) is 0 Å². The second-order valence-corrected chi connectivity index (χ2v) is 2.34. The molecule has 1 aliphatic rings. The Morgan fingerprint density at radius 3 is 3.08 bits per heavy atom. The van der Waals surface area contributed by atoms with Gasteiger partial charge in [0.05, 0.1) is 0 Å². The number of H-pyrrole nitrogens is 1. The Bertz CT molecular complexity index is 275. The van der Waals surface area contributed by atoms with Gasteiger partial charge in [0.1, 0.15) is 5.84 Å². The summed E-state index contributed by atoms with van der Waals surface area (Å²) in [6, 6.07) is 0. The van der Waals surface area contributed by atoms with Crippen molar-refractivity contribution in [1.29, 1.82) is 0 Å². The smallest absolute Gasteiger partial charge is 0.230 e. The van der Waals surface area contributed by atoms with Crippen molar-refractivity contribution in [1.82, 2.24) is 26.0 Å². The number of nitrogens with zero attached hydrogens (tertiary/aromatic N) is 5. The third-order valence-corrected chi connectivity index (χ3v) is 1.35. The molecule has 1 atom stereocenters. The van der Waals surface area contributed by atoms with Crippen molar-refractivity contribution in [2.24, 2.45) is 5.10 Å². The molecule has 0 aliphatic carbocycles. The van der Waals surface area contributed by atoms with Gasteiger partial charge in [0.25, 0.3) is 0 Å². The zero-order valence-electron chi connectivity index (χ0n) is 6.44. The first-order valence-electron chi connectivity index (χ1n) is 3.45. The summed E-state index contributed by atoms with van der Waals surface area (Å²) in [5.41, 5.74) is 6.67. The lowest BCUT2D eigenvalue weighted by Gasteiger charge is -2.15. The monoisotopic (exact) mass is 168 g/mol. The fourth-order valence-corrected chi connectivity index (χ4v) is 0.867. The Kier molecular flexibility index (Phi) is 1.68. The standard InChI is InChI=1S/C4H8N8/c1-3-5-11-12(8-3)2-4-6-9-10-7-4/h12H,2H2,1H3,(H,5,8)(H,6,7,9,10). The quantitative estimate of drug-likeness (QED) is 0.463. The van der Waals surface area contributed by atoms with Gasteiger partial charge < -0.3 is 11.0 Å². The van der Waals surface area contributed by atoms with Gasteiger partial charge in [0.2, 0.25) is 5.82 Å². The number of rotatable bonds is 2. The van der Waals surface area contributed by atoms with Crippen LogP contribution in [0.3, 0.4) is 0 Å². The molecule has 1 unspecified atom stereocenters. The highest BCUT2D eigenvalue weighted by Crippen LogP contribution is 1.83. The van der Waals surface area contributed by atoms with Crippen LogP contribution in [0.15, 0.2) is 5.10 Å². The van der Waals surface area contributed by atoms with Gasteiger partial charge in [-0.1, -0.05) is 5.10 Å². The van der Waals surface area contributed by atoms with Crippen LogP contribution >= 0.6 is 0 Å². The summed E-state index contributed by atoms with van der Waals surface area (Å²) in [6.45, 7) is 2.34. The molecular weight excluding hydrogens is 160 g/mol. The fourth-order valence-electron chi connectivity index (χ4n) is 0.867. The van der Waals surface area contributed by atoms with Crippen LogP contribution in [0.2, 0.25) is 0 Å². The van der Waals surface area contributed by atoms with E-state index in [-0.39, 0.29) is 0 Å². The highest BCUT2D eigenvalue weighted by molar-refractivity contribution is 5.80. The van der Waals surface area contributed by atoms with Gasteiger partial charge >= 0.3 is 0 Å². The summed E-state index contributed by atoms with van der Waals surface area (Å²) < 4.78 is 0. The Balaban J connectivity index is 1.97. The molecule has 0 saturated heterocycles. The van der Waals surface area contributed by atoms with E-state index in [1.165, 1.54) is 0 Å². The normalized spacial score (nSPS) is 22.1. The molecule has 0 bridgehead atoms. The predicted molar refractivity (Wildman–Crippen MR) is 38.4 cm³/mol. The van der Waals surface area contributed by atoms with Crippen LogP contribution in [-0.4, -0.2) is 26.5 Å². The van der Waals surface area contributed by atoms with Gasteiger partial charge in [-0.25, -0.2) is 0 Å². The van der Waals surface area contributed by atoms with Crippen LogP contribution in [0, 0.1) is 0 Å². The van der Waals surface area contributed by atoms with Crippen LogP contribution in [0.4, 0.5) is 0 Å². The summed E-state index contributed by atoms with van der Waals surface area (Å²) in [6.07, 6.45) is 0. The summed E-state index contributed by atoms with van der Waals surface area (Å²) in [5, 5.41) is 18.1. The molecular formula is C4H8N8. The van der Waals surface area contributed by atoms with E-state index < -0.39 is 0 Å². The Labute approximate surface area is 68.0 Å². The molecule has 0 amide bonds. The predicted octanol–water partition coefficient (Wildman–Crippen LogP) is -2.28. The van der Waals surface area contributed by atoms with Crippen molar-refractivity contribution in [3.63, 3.8) is 0 Å². The molecule has 0 spiro atoms. The molecule has 0 aromatic carbocycles. The molecule has 12 heavy (non-hydrogen) atoms. The van der Waals surface area contributed by atoms with E-state index in [0.29, 0.717) is 17.5 Å². The maximum atomic E-state index is 4.10. The van der Waals surface area contributed by atoms with Crippen LogP contribution in [0.5, 0.6) is 0 Å². The summed E-state index contributed by atoms with van der Waals surface area (Å²) >= 11 is 0. The van der Waals surface area contributed by atoms with Crippen molar-refractivity contribution in [2.45, 2.75) is 13.5 Å². The third kappa shape index (κ3) is 1.38. The van der Waals surface area contributed by atoms with E-state index >= 15 is 0 Å². The Hall–Kier alpha value is -1.54. The van der Waals surface area contributed by atoms with Gasteiger partial charge in [-0.05, 0) is 12.1 Å². The van der Waals surface area contributed by atoms with Crippen LogP contribution in [0.1, 0.15) is 12.7 Å². The van der Waals surface area contributed by atoms with E-state index in [4.69, 9.17) is 0 Å². The lowest BCUT2D eigenvalue weighted by atomic mass is 10.6.